The zero-order valence-corrected chi connectivity index (χ0v) is 23.8. The molecule has 1 heterocycles. The highest BCUT2D eigenvalue weighted by Gasteiger charge is 2.22. The minimum atomic E-state index is -0.303. The molecule has 0 saturated heterocycles. The molecule has 1 rings (SSSR count). The fourth-order valence-electron chi connectivity index (χ4n) is 2.72. The van der Waals surface area contributed by atoms with Crippen LogP contribution >= 0.6 is 22.6 Å². The van der Waals surface area contributed by atoms with Gasteiger partial charge >= 0.3 is 0 Å². The average Bonchev–Trinajstić information content (AvgIpc) is 3.22. The quantitative estimate of drug-likeness (QED) is 0.0489. The molecule has 1 aliphatic heterocycles. The second-order valence-electron chi connectivity index (χ2n) is 7.36. The molecule has 12 nitrogen and oxygen atoms in total. The molecule has 0 N–H and O–H groups in total. The van der Waals surface area contributed by atoms with Gasteiger partial charge in [0.2, 0.25) is 0 Å². The van der Waals surface area contributed by atoms with Crippen molar-refractivity contribution in [2.24, 2.45) is 0 Å². The first-order chi connectivity index (χ1) is 18.3. The molecule has 216 valence electrons. The summed E-state index contributed by atoms with van der Waals surface area (Å²) in [5.74, 6) is -0.605. The van der Waals surface area contributed by atoms with Gasteiger partial charge in [-0.1, -0.05) is 22.6 Å². The van der Waals surface area contributed by atoms with E-state index in [1.54, 1.807) is 0 Å². The van der Waals surface area contributed by atoms with Crippen LogP contribution in [0.1, 0.15) is 0 Å². The molecule has 0 radical (unpaired) electrons. The summed E-state index contributed by atoms with van der Waals surface area (Å²) in [5.41, 5.74) is 0. The van der Waals surface area contributed by atoms with Crippen LogP contribution in [0.5, 0.6) is 0 Å². The monoisotopic (exact) mass is 647 g/mol. The molecule has 0 unspecified atom stereocenters. The second-order valence-corrected chi connectivity index (χ2v) is 8.44. The molecule has 0 saturated carbocycles. The van der Waals surface area contributed by atoms with Crippen molar-refractivity contribution in [1.29, 1.82) is 0 Å². The zero-order valence-electron chi connectivity index (χ0n) is 21.6. The van der Waals surface area contributed by atoms with Crippen molar-refractivity contribution in [3.05, 3.63) is 12.2 Å². The van der Waals surface area contributed by atoms with E-state index in [0.29, 0.717) is 106 Å². The zero-order chi connectivity index (χ0) is 26.7. The Morgan fingerprint density at radius 2 is 0.676 bits per heavy atom. The number of ether oxygens (including phenoxy) is 9. The van der Waals surface area contributed by atoms with Crippen LogP contribution in [-0.4, -0.2) is 147 Å². The summed E-state index contributed by atoms with van der Waals surface area (Å²) >= 11 is 2.27. The van der Waals surface area contributed by atoms with E-state index in [9.17, 15) is 9.59 Å². The summed E-state index contributed by atoms with van der Waals surface area (Å²) in [6.45, 7) is 9.34. The Kier molecular flexibility index (Phi) is 24.9. The van der Waals surface area contributed by atoms with Crippen molar-refractivity contribution in [3.8, 4) is 0 Å². The van der Waals surface area contributed by atoms with Gasteiger partial charge in [0, 0.05) is 16.6 Å². The number of alkyl halides is 1. The van der Waals surface area contributed by atoms with Crippen molar-refractivity contribution < 1.29 is 52.2 Å². The first-order valence-electron chi connectivity index (χ1n) is 12.5. The van der Waals surface area contributed by atoms with E-state index in [4.69, 9.17) is 42.6 Å². The number of carbonyl (C=O) groups excluding carboxylic acids is 2. The van der Waals surface area contributed by atoms with Crippen LogP contribution in [0.3, 0.4) is 0 Å². The van der Waals surface area contributed by atoms with Gasteiger partial charge in [0.15, 0.2) is 0 Å². The SMILES string of the molecule is O=C1C=CC(=O)N1CCOCCOCCOCCOCCOCCOCCOCCOCCOCCI. The molecule has 0 atom stereocenters. The van der Waals surface area contributed by atoms with Gasteiger partial charge in [0.25, 0.3) is 11.8 Å². The topological polar surface area (TPSA) is 120 Å². The smallest absolute Gasteiger partial charge is 0.253 e. The molecule has 2 amide bonds. The Morgan fingerprint density at radius 1 is 0.432 bits per heavy atom. The summed E-state index contributed by atoms with van der Waals surface area (Å²) in [4.78, 5) is 23.9. The first kappa shape index (κ1) is 34.3. The predicted molar refractivity (Wildman–Crippen MR) is 142 cm³/mol. The third kappa shape index (κ3) is 21.8. The largest absolute Gasteiger partial charge is 0.378 e. The van der Waals surface area contributed by atoms with Gasteiger partial charge in [-0.15, -0.1) is 0 Å². The van der Waals surface area contributed by atoms with Crippen LogP contribution in [-0.2, 0) is 52.2 Å². The van der Waals surface area contributed by atoms with E-state index >= 15 is 0 Å². The number of imide groups is 1. The van der Waals surface area contributed by atoms with Crippen molar-refractivity contribution >= 4 is 34.4 Å². The third-order valence-corrected chi connectivity index (χ3v) is 5.00. The highest BCUT2D eigenvalue weighted by Crippen LogP contribution is 2.02. The Labute approximate surface area is 233 Å². The molecule has 13 heteroatoms. The second kappa shape index (κ2) is 26.8. The fraction of sp³-hybridized carbons (Fsp3) is 0.833. The summed E-state index contributed by atoms with van der Waals surface area (Å²) in [7, 11) is 0. The highest BCUT2D eigenvalue weighted by molar-refractivity contribution is 14.1. The number of amides is 2. The Bertz CT molecular complexity index is 565. The number of nitrogens with zero attached hydrogens (tertiary/aromatic N) is 1. The predicted octanol–water partition coefficient (Wildman–Crippen LogP) is 0.496. The van der Waals surface area contributed by atoms with Crippen LogP contribution in [0.2, 0.25) is 0 Å². The van der Waals surface area contributed by atoms with E-state index in [0.717, 1.165) is 15.9 Å². The fourth-order valence-corrected chi connectivity index (χ4v) is 3.03. The summed E-state index contributed by atoms with van der Waals surface area (Å²) in [6.07, 6.45) is 2.51. The van der Waals surface area contributed by atoms with Crippen LogP contribution in [0.25, 0.3) is 0 Å². The Morgan fingerprint density at radius 3 is 0.946 bits per heavy atom. The number of hydrogen-bond donors (Lipinski definition) is 0. The third-order valence-electron chi connectivity index (χ3n) is 4.56. The van der Waals surface area contributed by atoms with E-state index in [1.165, 1.54) is 12.2 Å². The van der Waals surface area contributed by atoms with Crippen LogP contribution in [0.4, 0.5) is 0 Å². The maximum atomic E-state index is 11.4. The first-order valence-corrected chi connectivity index (χ1v) is 14.1. The lowest BCUT2D eigenvalue weighted by molar-refractivity contribution is -0.137. The number of carbonyl (C=O) groups is 2. The van der Waals surface area contributed by atoms with Crippen molar-refractivity contribution in [2.75, 3.05) is 130 Å². The molecule has 0 aromatic carbocycles. The van der Waals surface area contributed by atoms with Gasteiger partial charge in [-0.25, -0.2) is 0 Å². The molecule has 0 fully saturated rings. The normalized spacial score (nSPS) is 13.4. The lowest BCUT2D eigenvalue weighted by atomic mass is 10.5. The molecule has 0 aromatic rings. The molecule has 0 aromatic heterocycles. The van der Waals surface area contributed by atoms with Gasteiger partial charge in [-0.2, -0.15) is 0 Å². The Hall–Kier alpha value is -0.750. The molecule has 0 bridgehead atoms. The Balaban J connectivity index is 1.64. The highest BCUT2D eigenvalue weighted by atomic mass is 127. The van der Waals surface area contributed by atoms with Gasteiger partial charge < -0.3 is 42.6 Å². The minimum absolute atomic E-state index is 0.245. The maximum Gasteiger partial charge on any atom is 0.253 e. The molecular formula is C24H42INO11. The van der Waals surface area contributed by atoms with Crippen molar-refractivity contribution in [1.82, 2.24) is 4.90 Å². The summed E-state index contributed by atoms with van der Waals surface area (Å²) in [6, 6.07) is 0. The van der Waals surface area contributed by atoms with E-state index < -0.39 is 0 Å². The average molecular weight is 648 g/mol. The van der Waals surface area contributed by atoms with Crippen LogP contribution in [0.15, 0.2) is 12.2 Å². The maximum absolute atomic E-state index is 11.4. The molecule has 0 spiro atoms. The van der Waals surface area contributed by atoms with Crippen LogP contribution < -0.4 is 0 Å². The number of halogens is 1. The number of hydrogen-bond acceptors (Lipinski definition) is 11. The summed E-state index contributed by atoms with van der Waals surface area (Å²) in [5, 5.41) is 0. The molecular weight excluding hydrogens is 605 g/mol. The molecule has 37 heavy (non-hydrogen) atoms. The van der Waals surface area contributed by atoms with Gasteiger partial charge in [-0.3, -0.25) is 14.5 Å². The standard InChI is InChI=1S/C24H42INO11/c25-3-5-29-7-9-31-11-13-33-15-17-35-19-21-37-22-20-36-18-16-34-14-12-32-10-8-30-6-4-26-23(27)1-2-24(26)28/h1-2H,3-22H2. The van der Waals surface area contributed by atoms with Crippen LogP contribution in [0, 0.1) is 0 Å². The minimum Gasteiger partial charge on any atom is -0.378 e. The van der Waals surface area contributed by atoms with Crippen molar-refractivity contribution in [2.45, 2.75) is 0 Å². The van der Waals surface area contributed by atoms with Gasteiger partial charge in [-0.05, 0) is 0 Å². The molecule has 0 aliphatic carbocycles. The van der Waals surface area contributed by atoms with E-state index in [-0.39, 0.29) is 25.0 Å². The molecule has 1 aliphatic rings. The lowest BCUT2D eigenvalue weighted by Crippen LogP contribution is -2.33. The summed E-state index contributed by atoms with van der Waals surface area (Å²) < 4.78 is 49.6. The van der Waals surface area contributed by atoms with E-state index in [1.807, 2.05) is 0 Å². The van der Waals surface area contributed by atoms with Gasteiger partial charge in [0.05, 0.1) is 125 Å². The van der Waals surface area contributed by atoms with E-state index in [2.05, 4.69) is 22.6 Å². The number of rotatable bonds is 29. The van der Waals surface area contributed by atoms with Gasteiger partial charge in [0.1, 0.15) is 0 Å². The van der Waals surface area contributed by atoms with Crippen molar-refractivity contribution in [3.63, 3.8) is 0 Å². The lowest BCUT2D eigenvalue weighted by Gasteiger charge is -2.13.